The van der Waals surface area contributed by atoms with E-state index < -0.39 is 0 Å². The van der Waals surface area contributed by atoms with Crippen molar-refractivity contribution < 1.29 is 4.79 Å². The van der Waals surface area contributed by atoms with E-state index >= 15 is 0 Å². The van der Waals surface area contributed by atoms with Crippen molar-refractivity contribution in [1.29, 1.82) is 0 Å². The molecule has 2 heteroatoms. The Kier molecular flexibility index (Phi) is 4.00. The van der Waals surface area contributed by atoms with Crippen LogP contribution in [-0.4, -0.2) is 19.9 Å². The van der Waals surface area contributed by atoms with Gasteiger partial charge in [0.15, 0.2) is 0 Å². The van der Waals surface area contributed by atoms with Crippen LogP contribution < -0.4 is 4.90 Å². The Morgan fingerprint density at radius 2 is 1.58 bits per heavy atom. The molecular formula is C17H15NO. The molecule has 0 aliphatic rings. The summed E-state index contributed by atoms with van der Waals surface area (Å²) in [5.41, 5.74) is 2.53. The monoisotopic (exact) mass is 249 g/mol. The summed E-state index contributed by atoms with van der Waals surface area (Å²) in [6.07, 6.45) is 0. The van der Waals surface area contributed by atoms with E-state index in [1.165, 1.54) is 0 Å². The zero-order valence-corrected chi connectivity index (χ0v) is 11.1. The molecule has 0 saturated carbocycles. The Balaban J connectivity index is 2.15. The molecule has 19 heavy (non-hydrogen) atoms. The molecule has 0 aliphatic heterocycles. The highest BCUT2D eigenvalue weighted by Gasteiger charge is 2.02. The first-order valence-electron chi connectivity index (χ1n) is 6.05. The van der Waals surface area contributed by atoms with Gasteiger partial charge in [-0.05, 0) is 42.3 Å². The Bertz CT molecular complexity index is 616. The van der Waals surface area contributed by atoms with Crippen molar-refractivity contribution in [3.05, 3.63) is 65.7 Å². The van der Waals surface area contributed by atoms with Gasteiger partial charge in [-0.15, -0.1) is 0 Å². The minimum absolute atomic E-state index is 0.158. The first-order chi connectivity index (χ1) is 9.16. The molecule has 0 saturated heterocycles. The quantitative estimate of drug-likeness (QED) is 0.602. The molecule has 0 bridgehead atoms. The van der Waals surface area contributed by atoms with Crippen molar-refractivity contribution >= 4 is 11.5 Å². The number of anilines is 1. The fourth-order valence-electron chi connectivity index (χ4n) is 1.63. The van der Waals surface area contributed by atoms with Crippen LogP contribution >= 0.6 is 0 Å². The van der Waals surface area contributed by atoms with Crippen LogP contribution in [0, 0.1) is 11.8 Å². The average molecular weight is 249 g/mol. The van der Waals surface area contributed by atoms with Gasteiger partial charge in [-0.2, -0.15) is 0 Å². The number of hydrogen-bond acceptors (Lipinski definition) is 2. The molecule has 2 rings (SSSR count). The average Bonchev–Trinajstić information content (AvgIpc) is 2.46. The molecule has 0 unspecified atom stereocenters. The number of benzene rings is 2. The van der Waals surface area contributed by atoms with E-state index in [-0.39, 0.29) is 5.78 Å². The Morgan fingerprint density at radius 3 is 2.16 bits per heavy atom. The largest absolute Gasteiger partial charge is 0.378 e. The molecule has 0 amide bonds. The lowest BCUT2D eigenvalue weighted by Crippen LogP contribution is -2.08. The predicted octanol–water partition coefficient (Wildman–Crippen LogP) is 2.99. The van der Waals surface area contributed by atoms with Crippen LogP contribution in [0.25, 0.3) is 0 Å². The van der Waals surface area contributed by atoms with Crippen LogP contribution in [0.1, 0.15) is 15.9 Å². The number of rotatable bonds is 2. The highest BCUT2D eigenvalue weighted by atomic mass is 16.1. The molecule has 2 nitrogen and oxygen atoms in total. The second kappa shape index (κ2) is 5.88. The molecule has 0 aromatic heterocycles. The first-order valence-corrected chi connectivity index (χ1v) is 6.05. The second-order valence-electron chi connectivity index (χ2n) is 4.39. The highest BCUT2D eigenvalue weighted by Crippen LogP contribution is 2.12. The fraction of sp³-hybridized carbons (Fsp3) is 0.118. The van der Waals surface area contributed by atoms with E-state index in [1.54, 1.807) is 12.1 Å². The van der Waals surface area contributed by atoms with Gasteiger partial charge in [0, 0.05) is 30.9 Å². The first kappa shape index (κ1) is 12.9. The van der Waals surface area contributed by atoms with Gasteiger partial charge in [0.2, 0.25) is 5.78 Å². The number of nitrogens with zero attached hydrogens (tertiary/aromatic N) is 1. The summed E-state index contributed by atoms with van der Waals surface area (Å²) in [6, 6.07) is 16.9. The van der Waals surface area contributed by atoms with Gasteiger partial charge in [-0.25, -0.2) is 0 Å². The van der Waals surface area contributed by atoms with Gasteiger partial charge >= 0.3 is 0 Å². The molecule has 0 radical (unpaired) electrons. The lowest BCUT2D eigenvalue weighted by molar-refractivity contribution is 0.105. The summed E-state index contributed by atoms with van der Waals surface area (Å²) < 4.78 is 0. The van der Waals surface area contributed by atoms with Crippen molar-refractivity contribution in [2.45, 2.75) is 0 Å². The third kappa shape index (κ3) is 3.46. The van der Waals surface area contributed by atoms with E-state index in [1.807, 2.05) is 61.5 Å². The molecule has 0 aliphatic carbocycles. The highest BCUT2D eigenvalue weighted by molar-refractivity contribution is 6.09. The van der Waals surface area contributed by atoms with Crippen LogP contribution in [0.3, 0.4) is 0 Å². The van der Waals surface area contributed by atoms with Crippen LogP contribution in [0.4, 0.5) is 5.69 Å². The van der Waals surface area contributed by atoms with Crippen LogP contribution in [-0.2, 0) is 0 Å². The van der Waals surface area contributed by atoms with E-state index in [2.05, 4.69) is 11.8 Å². The van der Waals surface area contributed by atoms with E-state index in [4.69, 9.17) is 0 Å². The number of carbonyl (C=O) groups is 1. The van der Waals surface area contributed by atoms with Gasteiger partial charge in [0.1, 0.15) is 0 Å². The van der Waals surface area contributed by atoms with Crippen molar-refractivity contribution in [3.63, 3.8) is 0 Å². The van der Waals surface area contributed by atoms with Crippen molar-refractivity contribution in [1.82, 2.24) is 0 Å². The number of carbonyl (C=O) groups excluding carboxylic acids is 1. The van der Waals surface area contributed by atoms with E-state index in [9.17, 15) is 4.79 Å². The maximum Gasteiger partial charge on any atom is 0.236 e. The minimum Gasteiger partial charge on any atom is -0.378 e. The minimum atomic E-state index is -0.158. The molecule has 94 valence electrons. The van der Waals surface area contributed by atoms with Crippen molar-refractivity contribution in [3.8, 4) is 11.8 Å². The zero-order chi connectivity index (χ0) is 13.7. The normalized spacial score (nSPS) is 9.37. The second-order valence-corrected chi connectivity index (χ2v) is 4.39. The topological polar surface area (TPSA) is 20.3 Å². The Labute approximate surface area is 113 Å². The lowest BCUT2D eigenvalue weighted by Gasteiger charge is -2.11. The Morgan fingerprint density at radius 1 is 0.947 bits per heavy atom. The molecule has 2 aromatic carbocycles. The van der Waals surface area contributed by atoms with E-state index in [0.29, 0.717) is 5.56 Å². The third-order valence-corrected chi connectivity index (χ3v) is 2.74. The van der Waals surface area contributed by atoms with Gasteiger partial charge in [-0.1, -0.05) is 24.1 Å². The molecule has 2 aromatic rings. The number of hydrogen-bond donors (Lipinski definition) is 0. The number of Topliss-reactive ketones (excluding diaryl/α,β-unsaturated/α-hetero) is 1. The molecule has 0 fully saturated rings. The van der Waals surface area contributed by atoms with Crippen LogP contribution in [0.5, 0.6) is 0 Å². The van der Waals surface area contributed by atoms with Gasteiger partial charge in [-0.3, -0.25) is 4.79 Å². The SMILES string of the molecule is CN(C)c1ccc(C(=O)C#Cc2ccccc2)cc1. The molecular weight excluding hydrogens is 234 g/mol. The summed E-state index contributed by atoms with van der Waals surface area (Å²) in [5, 5.41) is 0. The Hall–Kier alpha value is -2.53. The molecule has 0 atom stereocenters. The summed E-state index contributed by atoms with van der Waals surface area (Å²) in [5.74, 6) is 5.37. The summed E-state index contributed by atoms with van der Waals surface area (Å²) >= 11 is 0. The molecule has 0 N–H and O–H groups in total. The fourth-order valence-corrected chi connectivity index (χ4v) is 1.63. The molecule has 0 spiro atoms. The van der Waals surface area contributed by atoms with Gasteiger partial charge in [0.25, 0.3) is 0 Å². The van der Waals surface area contributed by atoms with E-state index in [0.717, 1.165) is 11.3 Å². The zero-order valence-electron chi connectivity index (χ0n) is 11.1. The predicted molar refractivity (Wildman–Crippen MR) is 78.4 cm³/mol. The van der Waals surface area contributed by atoms with Gasteiger partial charge < -0.3 is 4.90 Å². The van der Waals surface area contributed by atoms with Gasteiger partial charge in [0.05, 0.1) is 0 Å². The maximum absolute atomic E-state index is 11.9. The van der Waals surface area contributed by atoms with Crippen LogP contribution in [0.2, 0.25) is 0 Å². The molecule has 0 heterocycles. The third-order valence-electron chi connectivity index (χ3n) is 2.74. The number of ketones is 1. The standard InChI is InChI=1S/C17H15NO/c1-18(2)16-11-9-15(10-12-16)17(19)13-8-14-6-4-3-5-7-14/h3-7,9-12H,1-2H3. The maximum atomic E-state index is 11.9. The lowest BCUT2D eigenvalue weighted by atomic mass is 10.1. The summed E-state index contributed by atoms with van der Waals surface area (Å²) in [4.78, 5) is 13.9. The van der Waals surface area contributed by atoms with Crippen LogP contribution in [0.15, 0.2) is 54.6 Å². The summed E-state index contributed by atoms with van der Waals surface area (Å²) in [7, 11) is 3.93. The summed E-state index contributed by atoms with van der Waals surface area (Å²) in [6.45, 7) is 0. The smallest absolute Gasteiger partial charge is 0.236 e. The van der Waals surface area contributed by atoms with Crippen molar-refractivity contribution in [2.75, 3.05) is 19.0 Å². The van der Waals surface area contributed by atoms with Crippen molar-refractivity contribution in [2.24, 2.45) is 0 Å².